The number of hydrogen-bond donors (Lipinski definition) is 0. The first-order chi connectivity index (χ1) is 7.45. The first kappa shape index (κ1) is 10.3. The Bertz CT molecular complexity index is 360. The Morgan fingerprint density at radius 1 is 0.800 bits per heavy atom. The number of aromatic nitrogens is 4. The smallest absolute Gasteiger partial charge is 0.143 e. The van der Waals surface area contributed by atoms with Gasteiger partial charge in [-0.05, 0) is 0 Å². The Hall–Kier alpha value is -1.18. The lowest BCUT2D eigenvalue weighted by Gasteiger charge is -1.98. The second kappa shape index (κ2) is 5.64. The summed E-state index contributed by atoms with van der Waals surface area (Å²) in [6, 6.07) is 0. The van der Waals surface area contributed by atoms with Crippen molar-refractivity contribution in [2.75, 3.05) is 0 Å². The Morgan fingerprint density at radius 3 is 1.73 bits per heavy atom. The minimum Gasteiger partial charge on any atom is -0.260 e. The molecule has 2 aromatic rings. The summed E-state index contributed by atoms with van der Waals surface area (Å²) < 4.78 is 5.23. The summed E-state index contributed by atoms with van der Waals surface area (Å²) in [6.45, 7) is 0. The molecule has 5 nitrogen and oxygen atoms in total. The molecule has 0 atom stereocenters. The SMILES string of the molecule is c1cnc(SOSc2cnccn2)cn1. The molecular weight excluding hydrogens is 232 g/mol. The molecule has 0 amide bonds. The van der Waals surface area contributed by atoms with Crippen molar-refractivity contribution >= 4 is 24.1 Å². The molecule has 0 aromatic carbocycles. The van der Waals surface area contributed by atoms with Crippen LogP contribution >= 0.6 is 24.1 Å². The van der Waals surface area contributed by atoms with Crippen LogP contribution in [0.4, 0.5) is 0 Å². The van der Waals surface area contributed by atoms with Gasteiger partial charge in [0.05, 0.1) is 36.5 Å². The van der Waals surface area contributed by atoms with Gasteiger partial charge in [0.15, 0.2) is 0 Å². The van der Waals surface area contributed by atoms with Gasteiger partial charge in [-0.15, -0.1) is 0 Å². The standard InChI is InChI=1S/C8H6N4OS2/c1-3-11-7(5-9-1)14-13-15-8-6-10-2-4-12-8/h1-6H. The van der Waals surface area contributed by atoms with Gasteiger partial charge in [0.1, 0.15) is 10.1 Å². The first-order valence-corrected chi connectivity index (χ1v) is 5.47. The van der Waals surface area contributed by atoms with Crippen molar-refractivity contribution in [2.45, 2.75) is 10.1 Å². The maximum absolute atomic E-state index is 5.23. The molecular formula is C8H6N4OS2. The molecule has 0 bridgehead atoms. The average molecular weight is 238 g/mol. The van der Waals surface area contributed by atoms with Crippen molar-refractivity contribution < 1.29 is 3.63 Å². The molecule has 0 aliphatic carbocycles. The van der Waals surface area contributed by atoms with Crippen LogP contribution in [0.1, 0.15) is 0 Å². The third kappa shape index (κ3) is 3.46. The molecule has 76 valence electrons. The highest BCUT2D eigenvalue weighted by Gasteiger charge is 1.99. The van der Waals surface area contributed by atoms with Crippen LogP contribution in [0.25, 0.3) is 0 Å². The van der Waals surface area contributed by atoms with E-state index in [1.54, 1.807) is 37.2 Å². The Kier molecular flexibility index (Phi) is 3.89. The highest BCUT2D eigenvalue weighted by atomic mass is 32.2. The maximum atomic E-state index is 5.23. The topological polar surface area (TPSA) is 60.8 Å². The van der Waals surface area contributed by atoms with Crippen LogP contribution < -0.4 is 0 Å². The van der Waals surface area contributed by atoms with Gasteiger partial charge in [-0.3, -0.25) is 9.97 Å². The predicted molar refractivity (Wildman–Crippen MR) is 56.9 cm³/mol. The van der Waals surface area contributed by atoms with Crippen molar-refractivity contribution in [2.24, 2.45) is 0 Å². The van der Waals surface area contributed by atoms with E-state index >= 15 is 0 Å². The number of hydrogen-bond acceptors (Lipinski definition) is 7. The third-order valence-corrected chi connectivity index (χ3v) is 2.63. The van der Waals surface area contributed by atoms with Gasteiger partial charge in [0.2, 0.25) is 0 Å². The summed E-state index contributed by atoms with van der Waals surface area (Å²) in [5.74, 6) is 0. The number of nitrogens with zero attached hydrogens (tertiary/aromatic N) is 4. The van der Waals surface area contributed by atoms with E-state index in [4.69, 9.17) is 3.63 Å². The second-order valence-electron chi connectivity index (χ2n) is 2.32. The van der Waals surface area contributed by atoms with Crippen LogP contribution in [0.2, 0.25) is 0 Å². The first-order valence-electron chi connectivity index (χ1n) is 3.98. The van der Waals surface area contributed by atoms with Crippen molar-refractivity contribution in [3.05, 3.63) is 37.2 Å². The van der Waals surface area contributed by atoms with E-state index < -0.39 is 0 Å². The van der Waals surface area contributed by atoms with Crippen LogP contribution in [0.5, 0.6) is 0 Å². The molecule has 7 heteroatoms. The van der Waals surface area contributed by atoms with Crippen LogP contribution in [0, 0.1) is 0 Å². The van der Waals surface area contributed by atoms with Gasteiger partial charge in [0.25, 0.3) is 0 Å². The molecule has 2 rings (SSSR count). The lowest BCUT2D eigenvalue weighted by molar-refractivity contribution is 0.743. The van der Waals surface area contributed by atoms with Gasteiger partial charge < -0.3 is 0 Å². The summed E-state index contributed by atoms with van der Waals surface area (Å²) in [4.78, 5) is 15.9. The molecule has 0 N–H and O–H groups in total. The molecule has 0 spiro atoms. The van der Waals surface area contributed by atoms with Crippen molar-refractivity contribution in [1.29, 1.82) is 0 Å². The zero-order valence-electron chi connectivity index (χ0n) is 7.48. The Morgan fingerprint density at radius 2 is 1.33 bits per heavy atom. The lowest BCUT2D eigenvalue weighted by atomic mass is 10.8. The van der Waals surface area contributed by atoms with Gasteiger partial charge in [0, 0.05) is 24.8 Å². The minimum atomic E-state index is 0.703. The van der Waals surface area contributed by atoms with E-state index in [0.29, 0.717) is 10.1 Å². The van der Waals surface area contributed by atoms with Crippen molar-refractivity contribution in [3.63, 3.8) is 0 Å². The summed E-state index contributed by atoms with van der Waals surface area (Å²) >= 11 is 2.27. The predicted octanol–water partition coefficient (Wildman–Crippen LogP) is 2.00. The van der Waals surface area contributed by atoms with E-state index in [2.05, 4.69) is 19.9 Å². The van der Waals surface area contributed by atoms with E-state index in [1.807, 2.05) is 0 Å². The Balaban J connectivity index is 1.81. The van der Waals surface area contributed by atoms with E-state index in [9.17, 15) is 0 Å². The fourth-order valence-electron chi connectivity index (χ4n) is 0.744. The molecule has 0 aliphatic heterocycles. The van der Waals surface area contributed by atoms with Crippen molar-refractivity contribution in [3.8, 4) is 0 Å². The molecule has 0 aliphatic rings. The molecule has 0 fully saturated rings. The van der Waals surface area contributed by atoms with Gasteiger partial charge in [-0.25, -0.2) is 13.6 Å². The Labute approximate surface area is 95.1 Å². The largest absolute Gasteiger partial charge is 0.260 e. The minimum absolute atomic E-state index is 0.703. The summed E-state index contributed by atoms with van der Waals surface area (Å²) in [5.41, 5.74) is 0. The summed E-state index contributed by atoms with van der Waals surface area (Å²) in [5, 5.41) is 1.41. The van der Waals surface area contributed by atoms with E-state index in [0.717, 1.165) is 24.1 Å². The molecule has 0 radical (unpaired) electrons. The average Bonchev–Trinajstić information content (AvgIpc) is 2.32. The van der Waals surface area contributed by atoms with Crippen LogP contribution in [0.15, 0.2) is 47.2 Å². The van der Waals surface area contributed by atoms with Crippen molar-refractivity contribution in [1.82, 2.24) is 19.9 Å². The monoisotopic (exact) mass is 238 g/mol. The highest BCUT2D eigenvalue weighted by molar-refractivity contribution is 8.07. The normalized spacial score (nSPS) is 10.1. The molecule has 0 saturated carbocycles. The molecule has 15 heavy (non-hydrogen) atoms. The zero-order valence-corrected chi connectivity index (χ0v) is 9.11. The van der Waals surface area contributed by atoms with Crippen LogP contribution in [-0.4, -0.2) is 19.9 Å². The fraction of sp³-hybridized carbons (Fsp3) is 0. The lowest BCUT2D eigenvalue weighted by Crippen LogP contribution is -1.82. The highest BCUT2D eigenvalue weighted by Crippen LogP contribution is 2.25. The fourth-order valence-corrected chi connectivity index (χ4v) is 1.85. The molecule has 2 aromatic heterocycles. The summed E-state index contributed by atoms with van der Waals surface area (Å²) in [6.07, 6.45) is 9.70. The summed E-state index contributed by atoms with van der Waals surface area (Å²) in [7, 11) is 0. The molecule has 0 unspecified atom stereocenters. The van der Waals surface area contributed by atoms with Crippen LogP contribution in [-0.2, 0) is 3.63 Å². The zero-order chi connectivity index (χ0) is 10.3. The third-order valence-electron chi connectivity index (χ3n) is 1.32. The van der Waals surface area contributed by atoms with Gasteiger partial charge in [-0.1, -0.05) is 0 Å². The van der Waals surface area contributed by atoms with E-state index in [-0.39, 0.29) is 0 Å². The van der Waals surface area contributed by atoms with Gasteiger partial charge >= 0.3 is 0 Å². The second-order valence-corrected chi connectivity index (χ2v) is 4.04. The van der Waals surface area contributed by atoms with Crippen LogP contribution in [0.3, 0.4) is 0 Å². The molecule has 2 heterocycles. The van der Waals surface area contributed by atoms with Gasteiger partial charge in [-0.2, -0.15) is 0 Å². The molecule has 0 saturated heterocycles. The van der Waals surface area contributed by atoms with E-state index in [1.165, 1.54) is 0 Å². The quantitative estimate of drug-likeness (QED) is 0.755. The maximum Gasteiger partial charge on any atom is 0.143 e. The number of rotatable bonds is 4.